The molecule has 5 N–H and O–H groups in total. The van der Waals surface area contributed by atoms with E-state index in [2.05, 4.69) is 22.1 Å². The minimum Gasteiger partial charge on any atom is -0.494 e. The molecule has 2 heterocycles. The number of aromatic nitrogens is 3. The number of aliphatic carboxylic acids is 2. The van der Waals surface area contributed by atoms with E-state index in [1.807, 2.05) is 0 Å². The van der Waals surface area contributed by atoms with Crippen molar-refractivity contribution in [2.45, 2.75) is 70.3 Å². The van der Waals surface area contributed by atoms with Crippen LogP contribution < -0.4 is 20.9 Å². The normalized spacial score (nSPS) is 17.9. The zero-order valence-corrected chi connectivity index (χ0v) is 23.6. The summed E-state index contributed by atoms with van der Waals surface area (Å²) < 4.78 is 19.2. The van der Waals surface area contributed by atoms with Gasteiger partial charge in [-0.2, -0.15) is 15.0 Å². The molecule has 1 atom stereocenters. The lowest BCUT2D eigenvalue weighted by Crippen LogP contribution is -2.44. The van der Waals surface area contributed by atoms with E-state index >= 15 is 0 Å². The standard InChI is InChI=1S/C24H36FN7O.C4H4O4/c1-3-31-14-8-11-19(31)16-32(26)24-29-22(17-9-6-4-5-7-10-17)28-23(30-24)27-18-12-13-21(33-2)20(25)15-18;5-3(6)1-2-4(7)8/h12-13,15,17,19H,3-11,14,16,26H2,1-2H3,(H,27,28,29,30);1-2H,(H,5,6)(H,7,8). The second-order valence-electron chi connectivity index (χ2n) is 10.1. The molecule has 1 aromatic heterocycles. The lowest BCUT2D eigenvalue weighted by Gasteiger charge is -2.27. The van der Waals surface area contributed by atoms with Crippen molar-refractivity contribution in [3.05, 3.63) is 42.0 Å². The van der Waals surface area contributed by atoms with Crippen LogP contribution in [0.25, 0.3) is 0 Å². The Kier molecular flexibility index (Phi) is 12.2. The number of anilines is 3. The van der Waals surface area contributed by atoms with Gasteiger partial charge in [0.15, 0.2) is 11.6 Å². The molecule has 12 nitrogen and oxygen atoms in total. The molecule has 1 saturated carbocycles. The molecule has 41 heavy (non-hydrogen) atoms. The van der Waals surface area contributed by atoms with E-state index in [-0.39, 0.29) is 11.7 Å². The first kappa shape index (κ1) is 31.7. The van der Waals surface area contributed by atoms with Crippen molar-refractivity contribution in [1.29, 1.82) is 0 Å². The Labute approximate surface area is 239 Å². The van der Waals surface area contributed by atoms with Crippen LogP contribution in [-0.2, 0) is 9.59 Å². The maximum atomic E-state index is 14.2. The predicted molar refractivity (Wildman–Crippen MR) is 153 cm³/mol. The number of hydrogen-bond donors (Lipinski definition) is 4. The third kappa shape index (κ3) is 9.94. The van der Waals surface area contributed by atoms with Gasteiger partial charge in [0.2, 0.25) is 11.9 Å². The van der Waals surface area contributed by atoms with Crippen LogP contribution in [0.5, 0.6) is 5.75 Å². The summed E-state index contributed by atoms with van der Waals surface area (Å²) in [4.78, 5) is 35.7. The first-order valence-corrected chi connectivity index (χ1v) is 14.0. The molecule has 0 radical (unpaired) electrons. The molecule has 1 aliphatic heterocycles. The van der Waals surface area contributed by atoms with E-state index in [0.29, 0.717) is 42.3 Å². The molecular weight excluding hydrogens is 533 g/mol. The molecule has 1 saturated heterocycles. The largest absolute Gasteiger partial charge is 0.494 e. The van der Waals surface area contributed by atoms with E-state index in [0.717, 1.165) is 38.2 Å². The van der Waals surface area contributed by atoms with Crippen molar-refractivity contribution in [2.75, 3.05) is 37.1 Å². The summed E-state index contributed by atoms with van der Waals surface area (Å²) in [6.07, 6.45) is 10.4. The van der Waals surface area contributed by atoms with E-state index in [1.54, 1.807) is 17.1 Å². The SMILES string of the molecule is CCN1CCCC1CN(N)c1nc(Nc2ccc(OC)c(F)c2)nc(C2CCCCCC2)n1.O=C(O)C=CC(=O)O. The van der Waals surface area contributed by atoms with Gasteiger partial charge in [-0.1, -0.05) is 32.6 Å². The van der Waals surface area contributed by atoms with Gasteiger partial charge in [-0.25, -0.2) is 19.8 Å². The number of ether oxygens (including phenoxy) is 1. The molecule has 4 rings (SSSR count). The number of halogens is 1. The molecule has 1 aliphatic carbocycles. The second kappa shape index (κ2) is 15.8. The van der Waals surface area contributed by atoms with Crippen LogP contribution in [-0.4, -0.2) is 74.8 Å². The van der Waals surface area contributed by atoms with E-state index in [1.165, 1.54) is 45.3 Å². The molecule has 1 unspecified atom stereocenters. The van der Waals surface area contributed by atoms with Gasteiger partial charge in [-0.15, -0.1) is 0 Å². The zero-order valence-electron chi connectivity index (χ0n) is 23.6. The number of nitrogens with one attached hydrogen (secondary N) is 1. The van der Waals surface area contributed by atoms with Gasteiger partial charge in [0.05, 0.1) is 13.7 Å². The highest BCUT2D eigenvalue weighted by molar-refractivity contribution is 5.89. The number of likely N-dealkylation sites (tertiary alicyclic amines) is 1. The maximum absolute atomic E-state index is 14.2. The average Bonchev–Trinajstić information content (AvgIpc) is 3.21. The van der Waals surface area contributed by atoms with Crippen LogP contribution in [0, 0.1) is 5.82 Å². The number of nitrogens with two attached hydrogens (primary N) is 1. The summed E-state index contributed by atoms with van der Waals surface area (Å²) in [5.74, 6) is 5.64. The van der Waals surface area contributed by atoms with Crippen molar-refractivity contribution < 1.29 is 28.9 Å². The van der Waals surface area contributed by atoms with Crippen LogP contribution in [0.4, 0.5) is 22.0 Å². The Hall–Kier alpha value is -3.84. The molecule has 0 amide bonds. The van der Waals surface area contributed by atoms with Crippen LogP contribution in [0.15, 0.2) is 30.4 Å². The number of carbonyl (C=O) groups is 2. The number of hydrazine groups is 1. The van der Waals surface area contributed by atoms with Gasteiger partial charge in [0, 0.05) is 35.9 Å². The number of methoxy groups -OCH3 is 1. The zero-order chi connectivity index (χ0) is 29.8. The smallest absolute Gasteiger partial charge is 0.328 e. The highest BCUT2D eigenvalue weighted by atomic mass is 19.1. The molecule has 2 aromatic rings. The molecule has 224 valence electrons. The molecule has 2 fully saturated rings. The molecule has 13 heteroatoms. The lowest BCUT2D eigenvalue weighted by molar-refractivity contribution is -0.134. The predicted octanol–water partition coefficient (Wildman–Crippen LogP) is 4.08. The Morgan fingerprint density at radius 2 is 1.78 bits per heavy atom. The number of nitrogens with zero attached hydrogens (tertiary/aromatic N) is 5. The average molecular weight is 574 g/mol. The monoisotopic (exact) mass is 573 g/mol. The Balaban J connectivity index is 0.000000507. The minimum absolute atomic E-state index is 0.196. The van der Waals surface area contributed by atoms with E-state index in [9.17, 15) is 14.0 Å². The molecule has 1 aromatic carbocycles. The van der Waals surface area contributed by atoms with Crippen LogP contribution in [0.1, 0.15) is 70.0 Å². The van der Waals surface area contributed by atoms with Gasteiger partial charge in [-0.3, -0.25) is 9.91 Å². The number of likely N-dealkylation sites (N-methyl/N-ethyl adjacent to an activating group) is 1. The number of carboxylic acid groups (broad SMARTS) is 2. The number of rotatable bonds is 10. The first-order valence-electron chi connectivity index (χ1n) is 14.0. The van der Waals surface area contributed by atoms with Crippen molar-refractivity contribution in [3.63, 3.8) is 0 Å². The van der Waals surface area contributed by atoms with Crippen molar-refractivity contribution in [3.8, 4) is 5.75 Å². The number of hydrogen-bond acceptors (Lipinski definition) is 10. The second-order valence-corrected chi connectivity index (χ2v) is 10.1. The third-order valence-electron chi connectivity index (χ3n) is 7.21. The van der Waals surface area contributed by atoms with Gasteiger partial charge in [-0.05, 0) is 50.9 Å². The van der Waals surface area contributed by atoms with Crippen molar-refractivity contribution in [2.24, 2.45) is 5.84 Å². The van der Waals surface area contributed by atoms with Gasteiger partial charge >= 0.3 is 11.9 Å². The fourth-order valence-electron chi connectivity index (χ4n) is 5.13. The van der Waals surface area contributed by atoms with E-state index < -0.39 is 17.8 Å². The number of benzene rings is 1. The molecule has 2 aliphatic rings. The summed E-state index contributed by atoms with van der Waals surface area (Å²) in [6, 6.07) is 5.10. The summed E-state index contributed by atoms with van der Waals surface area (Å²) in [6.45, 7) is 4.97. The Morgan fingerprint density at radius 3 is 2.37 bits per heavy atom. The topological polar surface area (TPSA) is 167 Å². The first-order chi connectivity index (χ1) is 19.7. The Morgan fingerprint density at radius 1 is 1.10 bits per heavy atom. The van der Waals surface area contributed by atoms with Gasteiger partial charge in [0.25, 0.3) is 0 Å². The lowest BCUT2D eigenvalue weighted by atomic mass is 10.00. The van der Waals surface area contributed by atoms with Gasteiger partial charge < -0.3 is 20.3 Å². The Bertz CT molecular complexity index is 1170. The van der Waals surface area contributed by atoms with Crippen molar-refractivity contribution in [1.82, 2.24) is 19.9 Å². The van der Waals surface area contributed by atoms with E-state index in [4.69, 9.17) is 30.8 Å². The summed E-state index contributed by atoms with van der Waals surface area (Å²) in [7, 11) is 1.45. The fraction of sp³-hybridized carbons (Fsp3) is 0.536. The minimum atomic E-state index is -1.26. The summed E-state index contributed by atoms with van der Waals surface area (Å²) >= 11 is 0. The van der Waals surface area contributed by atoms with Gasteiger partial charge in [0.1, 0.15) is 5.82 Å². The quantitative estimate of drug-likeness (QED) is 0.139. The molecular formula is C28H40FN7O5. The highest BCUT2D eigenvalue weighted by Gasteiger charge is 2.26. The summed E-state index contributed by atoms with van der Waals surface area (Å²) in [5.41, 5.74) is 0.550. The fourth-order valence-corrected chi connectivity index (χ4v) is 5.13. The molecule has 0 spiro atoms. The van der Waals surface area contributed by atoms with Crippen LogP contribution in [0.2, 0.25) is 0 Å². The third-order valence-corrected chi connectivity index (χ3v) is 7.21. The highest BCUT2D eigenvalue weighted by Crippen LogP contribution is 2.31. The maximum Gasteiger partial charge on any atom is 0.328 e. The van der Waals surface area contributed by atoms with Crippen LogP contribution >= 0.6 is 0 Å². The number of carboxylic acids is 2. The van der Waals surface area contributed by atoms with Crippen LogP contribution in [0.3, 0.4) is 0 Å². The van der Waals surface area contributed by atoms with Crippen molar-refractivity contribution >= 4 is 29.5 Å². The molecule has 0 bridgehead atoms. The summed E-state index contributed by atoms with van der Waals surface area (Å²) in [5, 5.41) is 20.4.